The molecule has 1 aliphatic heterocycles. The van der Waals surface area contributed by atoms with E-state index in [1.807, 2.05) is 0 Å². The molecule has 0 radical (unpaired) electrons. The van der Waals surface area contributed by atoms with Gasteiger partial charge in [0.05, 0.1) is 16.6 Å². The van der Waals surface area contributed by atoms with Crippen LogP contribution < -0.4 is 0 Å². The van der Waals surface area contributed by atoms with Gasteiger partial charge in [-0.05, 0) is 18.7 Å². The molecule has 0 unspecified atom stereocenters. The zero-order valence-corrected chi connectivity index (χ0v) is 11.7. The molecule has 2 rings (SSSR count). The average molecular weight is 277 g/mol. The Hall–Kier alpha value is 0.230. The molecule has 0 aromatic carbocycles. The maximum atomic E-state index is 5.74. The molecule has 1 fully saturated rings. The zero-order chi connectivity index (χ0) is 11.2. The molecule has 0 amide bonds. The van der Waals surface area contributed by atoms with Crippen molar-refractivity contribution < 1.29 is 0 Å². The molecule has 0 aliphatic carbocycles. The summed E-state index contributed by atoms with van der Waals surface area (Å²) in [6.07, 6.45) is 2.40. The highest BCUT2D eigenvalue weighted by Gasteiger charge is 2.10. The van der Waals surface area contributed by atoms with Crippen LogP contribution in [0.25, 0.3) is 0 Å². The minimum Gasteiger partial charge on any atom is -0.302 e. The van der Waals surface area contributed by atoms with Crippen molar-refractivity contribution in [2.45, 2.75) is 18.7 Å². The van der Waals surface area contributed by atoms with Crippen molar-refractivity contribution in [1.29, 1.82) is 0 Å². The first-order valence-corrected chi connectivity index (χ1v) is 8.24. The third-order valence-corrected chi connectivity index (χ3v) is 4.97. The summed E-state index contributed by atoms with van der Waals surface area (Å²) in [7, 11) is 0. The van der Waals surface area contributed by atoms with Crippen LogP contribution >= 0.6 is 34.7 Å². The van der Waals surface area contributed by atoms with E-state index >= 15 is 0 Å². The number of hydrogen-bond acceptors (Lipinski definition) is 4. The number of halogens is 1. The summed E-state index contributed by atoms with van der Waals surface area (Å²) in [6, 6.07) is 0. The number of thiazole rings is 1. The van der Waals surface area contributed by atoms with E-state index in [-0.39, 0.29) is 0 Å². The Labute approximate surface area is 110 Å². The van der Waals surface area contributed by atoms with Crippen LogP contribution in [-0.4, -0.2) is 41.0 Å². The molecule has 5 heteroatoms. The molecule has 1 aromatic heterocycles. The van der Waals surface area contributed by atoms with Crippen LogP contribution in [0.2, 0.25) is 0 Å². The zero-order valence-electron chi connectivity index (χ0n) is 9.32. The number of hydrogen-bond donors (Lipinski definition) is 0. The second kappa shape index (κ2) is 6.84. The van der Waals surface area contributed by atoms with Gasteiger partial charge in [-0.1, -0.05) is 0 Å². The summed E-state index contributed by atoms with van der Waals surface area (Å²) in [5.74, 6) is 3.14. The number of nitrogens with zero attached hydrogens (tertiary/aromatic N) is 2. The molecule has 0 spiro atoms. The summed E-state index contributed by atoms with van der Waals surface area (Å²) >= 11 is 9.56. The number of alkyl halides is 1. The van der Waals surface area contributed by atoms with Gasteiger partial charge in [-0.25, -0.2) is 4.98 Å². The molecule has 0 saturated carbocycles. The molecule has 2 heterocycles. The van der Waals surface area contributed by atoms with E-state index in [9.17, 15) is 0 Å². The number of aromatic nitrogens is 1. The third kappa shape index (κ3) is 3.91. The fraction of sp³-hybridized carbons (Fsp3) is 0.727. The van der Waals surface area contributed by atoms with E-state index in [1.165, 1.54) is 36.0 Å². The summed E-state index contributed by atoms with van der Waals surface area (Å²) in [5.41, 5.74) is 1.02. The van der Waals surface area contributed by atoms with Crippen LogP contribution in [0.15, 0.2) is 5.38 Å². The lowest BCUT2D eigenvalue weighted by Crippen LogP contribution is -2.28. The standard InChI is InChI=1S/C11H17ClN2S2/c12-8-10-9-16-11(13-10)2-4-14-3-1-6-15-7-5-14/h9H,1-8H2. The van der Waals surface area contributed by atoms with Crippen molar-refractivity contribution in [1.82, 2.24) is 9.88 Å². The van der Waals surface area contributed by atoms with Gasteiger partial charge in [0.2, 0.25) is 0 Å². The van der Waals surface area contributed by atoms with E-state index in [0.717, 1.165) is 18.7 Å². The van der Waals surface area contributed by atoms with Crippen molar-refractivity contribution in [2.24, 2.45) is 0 Å². The van der Waals surface area contributed by atoms with Gasteiger partial charge >= 0.3 is 0 Å². The molecule has 16 heavy (non-hydrogen) atoms. The smallest absolute Gasteiger partial charge is 0.0941 e. The highest BCUT2D eigenvalue weighted by molar-refractivity contribution is 7.99. The second-order valence-corrected chi connectivity index (χ2v) is 6.36. The van der Waals surface area contributed by atoms with E-state index in [0.29, 0.717) is 5.88 Å². The Kier molecular flexibility index (Phi) is 5.42. The van der Waals surface area contributed by atoms with Gasteiger partial charge in [0.1, 0.15) is 0 Å². The van der Waals surface area contributed by atoms with Crippen molar-refractivity contribution in [3.8, 4) is 0 Å². The first-order valence-electron chi connectivity index (χ1n) is 5.68. The Morgan fingerprint density at radius 3 is 3.12 bits per heavy atom. The summed E-state index contributed by atoms with van der Waals surface area (Å²) < 4.78 is 0. The quantitative estimate of drug-likeness (QED) is 0.787. The van der Waals surface area contributed by atoms with Crippen LogP contribution in [0.3, 0.4) is 0 Å². The molecule has 0 atom stereocenters. The van der Waals surface area contributed by atoms with E-state index in [1.54, 1.807) is 11.3 Å². The molecule has 0 bridgehead atoms. The van der Waals surface area contributed by atoms with Gasteiger partial charge in [-0.3, -0.25) is 0 Å². The van der Waals surface area contributed by atoms with Crippen LogP contribution in [0.1, 0.15) is 17.1 Å². The highest BCUT2D eigenvalue weighted by Crippen LogP contribution is 2.14. The molecule has 1 saturated heterocycles. The van der Waals surface area contributed by atoms with Gasteiger partial charge in [-0.15, -0.1) is 22.9 Å². The fourth-order valence-corrected chi connectivity index (χ4v) is 3.74. The predicted octanol–water partition coefficient (Wildman–Crippen LogP) is 2.86. The molecular formula is C11H17ClN2S2. The lowest BCUT2D eigenvalue weighted by Gasteiger charge is -2.18. The van der Waals surface area contributed by atoms with Crippen molar-refractivity contribution >= 4 is 34.7 Å². The molecule has 1 aromatic rings. The van der Waals surface area contributed by atoms with Gasteiger partial charge in [0, 0.05) is 30.6 Å². The highest BCUT2D eigenvalue weighted by atomic mass is 35.5. The monoisotopic (exact) mass is 276 g/mol. The average Bonchev–Trinajstić information content (AvgIpc) is 2.61. The Bertz CT molecular complexity index is 309. The number of rotatable bonds is 4. The van der Waals surface area contributed by atoms with E-state index < -0.39 is 0 Å². The van der Waals surface area contributed by atoms with E-state index in [2.05, 4.69) is 27.0 Å². The Morgan fingerprint density at radius 1 is 1.38 bits per heavy atom. The first kappa shape index (κ1) is 12.7. The normalized spacial score (nSPS) is 18.6. The SMILES string of the molecule is ClCc1csc(CCN2CCCSCC2)n1. The largest absolute Gasteiger partial charge is 0.302 e. The van der Waals surface area contributed by atoms with Crippen LogP contribution in [0.4, 0.5) is 0 Å². The lowest BCUT2D eigenvalue weighted by molar-refractivity contribution is 0.299. The molecule has 2 nitrogen and oxygen atoms in total. The first-order chi connectivity index (χ1) is 7.88. The lowest BCUT2D eigenvalue weighted by atomic mass is 10.3. The third-order valence-electron chi connectivity index (χ3n) is 2.69. The fourth-order valence-electron chi connectivity index (χ4n) is 1.80. The van der Waals surface area contributed by atoms with Crippen molar-refractivity contribution in [3.63, 3.8) is 0 Å². The minimum atomic E-state index is 0.539. The second-order valence-electron chi connectivity index (χ2n) is 3.92. The van der Waals surface area contributed by atoms with Crippen LogP contribution in [0.5, 0.6) is 0 Å². The van der Waals surface area contributed by atoms with Crippen molar-refractivity contribution in [2.75, 3.05) is 31.1 Å². The topological polar surface area (TPSA) is 16.1 Å². The van der Waals surface area contributed by atoms with Crippen molar-refractivity contribution in [3.05, 3.63) is 16.1 Å². The van der Waals surface area contributed by atoms with Gasteiger partial charge in [-0.2, -0.15) is 11.8 Å². The molecule has 90 valence electrons. The Balaban J connectivity index is 1.77. The minimum absolute atomic E-state index is 0.539. The molecule has 0 N–H and O–H groups in total. The summed E-state index contributed by atoms with van der Waals surface area (Å²) in [4.78, 5) is 7.05. The molecule has 1 aliphatic rings. The summed E-state index contributed by atoms with van der Waals surface area (Å²) in [5, 5.41) is 3.30. The van der Waals surface area contributed by atoms with Crippen LogP contribution in [0, 0.1) is 0 Å². The van der Waals surface area contributed by atoms with Gasteiger partial charge in [0.25, 0.3) is 0 Å². The van der Waals surface area contributed by atoms with Gasteiger partial charge < -0.3 is 4.90 Å². The summed E-state index contributed by atoms with van der Waals surface area (Å²) in [6.45, 7) is 3.63. The predicted molar refractivity (Wildman–Crippen MR) is 73.8 cm³/mol. The molecular weight excluding hydrogens is 260 g/mol. The Morgan fingerprint density at radius 2 is 2.31 bits per heavy atom. The maximum absolute atomic E-state index is 5.74. The number of thioether (sulfide) groups is 1. The maximum Gasteiger partial charge on any atom is 0.0941 e. The van der Waals surface area contributed by atoms with Gasteiger partial charge in [0.15, 0.2) is 0 Å². The van der Waals surface area contributed by atoms with Crippen LogP contribution in [-0.2, 0) is 12.3 Å². The van der Waals surface area contributed by atoms with E-state index in [4.69, 9.17) is 11.6 Å².